The quantitative estimate of drug-likeness (QED) is 0.586. The number of rotatable bonds is 2. The van der Waals surface area contributed by atoms with Gasteiger partial charge in [0.25, 0.3) is 0 Å². The predicted molar refractivity (Wildman–Crippen MR) is 88.3 cm³/mol. The van der Waals surface area contributed by atoms with Gasteiger partial charge in [-0.2, -0.15) is 0 Å². The molecule has 0 spiro atoms. The average Bonchev–Trinajstić information content (AvgIpc) is 2.92. The molecule has 1 aromatic heterocycles. The van der Waals surface area contributed by atoms with Crippen LogP contribution in [0.15, 0.2) is 5.16 Å². The molecule has 5 nitrogen and oxygen atoms in total. The SMILES string of the molecule is Cc1nnsc1C(=O)ON=C1CCCCCCCCCCC1. The lowest BCUT2D eigenvalue weighted by molar-refractivity contribution is 0.0518. The van der Waals surface area contributed by atoms with Crippen LogP contribution in [0, 0.1) is 6.92 Å². The van der Waals surface area contributed by atoms with E-state index >= 15 is 0 Å². The van der Waals surface area contributed by atoms with Crippen LogP contribution in [0.1, 0.15) is 86.0 Å². The Morgan fingerprint density at radius 1 is 1.00 bits per heavy atom. The zero-order chi connectivity index (χ0) is 15.6. The third-order valence-corrected chi connectivity index (χ3v) is 4.83. The van der Waals surface area contributed by atoms with Gasteiger partial charge in [0.15, 0.2) is 4.88 Å². The first-order valence-corrected chi connectivity index (χ1v) is 9.11. The zero-order valence-corrected chi connectivity index (χ0v) is 14.2. The van der Waals surface area contributed by atoms with Crippen LogP contribution >= 0.6 is 11.5 Å². The first kappa shape index (κ1) is 17.1. The van der Waals surface area contributed by atoms with Crippen molar-refractivity contribution in [1.29, 1.82) is 0 Å². The summed E-state index contributed by atoms with van der Waals surface area (Å²) in [7, 11) is 0. The lowest BCUT2D eigenvalue weighted by Crippen LogP contribution is -2.06. The van der Waals surface area contributed by atoms with Gasteiger partial charge < -0.3 is 4.84 Å². The van der Waals surface area contributed by atoms with Crippen LogP contribution in [-0.2, 0) is 4.84 Å². The Kier molecular flexibility index (Phi) is 7.49. The van der Waals surface area contributed by atoms with Crippen molar-refractivity contribution in [2.45, 2.75) is 77.6 Å². The molecule has 0 unspecified atom stereocenters. The predicted octanol–water partition coefficient (Wildman–Crippen LogP) is 4.66. The molecule has 1 aliphatic rings. The molecule has 1 saturated carbocycles. The molecule has 0 amide bonds. The van der Waals surface area contributed by atoms with Crippen molar-refractivity contribution in [3.63, 3.8) is 0 Å². The highest BCUT2D eigenvalue weighted by Crippen LogP contribution is 2.16. The standard InChI is InChI=1S/C16H25N3O2S/c1-13-15(22-19-17-13)16(20)21-18-14-11-9-7-5-3-2-4-6-8-10-12-14/h2-12H2,1H3. The maximum absolute atomic E-state index is 11.9. The van der Waals surface area contributed by atoms with Crippen molar-refractivity contribution >= 4 is 23.2 Å². The number of hydrogen-bond acceptors (Lipinski definition) is 6. The summed E-state index contributed by atoms with van der Waals surface area (Å²) in [5.74, 6) is -0.439. The fraction of sp³-hybridized carbons (Fsp3) is 0.750. The van der Waals surface area contributed by atoms with Crippen LogP contribution in [0.25, 0.3) is 0 Å². The lowest BCUT2D eigenvalue weighted by Gasteiger charge is -2.08. The lowest BCUT2D eigenvalue weighted by atomic mass is 10.00. The molecule has 0 bridgehead atoms. The van der Waals surface area contributed by atoms with Crippen molar-refractivity contribution < 1.29 is 9.63 Å². The van der Waals surface area contributed by atoms with E-state index in [2.05, 4.69) is 14.7 Å². The largest absolute Gasteiger partial charge is 0.379 e. The van der Waals surface area contributed by atoms with Crippen LogP contribution in [0.4, 0.5) is 0 Å². The van der Waals surface area contributed by atoms with E-state index in [1.54, 1.807) is 6.92 Å². The van der Waals surface area contributed by atoms with Crippen molar-refractivity contribution in [3.05, 3.63) is 10.6 Å². The van der Waals surface area contributed by atoms with E-state index in [0.717, 1.165) is 42.9 Å². The average molecular weight is 323 g/mol. The van der Waals surface area contributed by atoms with Gasteiger partial charge in [0, 0.05) is 0 Å². The summed E-state index contributed by atoms with van der Waals surface area (Å²) in [6.45, 7) is 1.75. The fourth-order valence-corrected chi connectivity index (χ4v) is 3.21. The second-order valence-electron chi connectivity index (χ2n) is 5.91. The molecule has 0 saturated heterocycles. The molecule has 6 heteroatoms. The van der Waals surface area contributed by atoms with E-state index in [1.807, 2.05) is 0 Å². The molecule has 0 atom stereocenters. The first-order chi connectivity index (χ1) is 10.8. The third kappa shape index (κ3) is 5.83. The number of nitrogens with zero attached hydrogens (tertiary/aromatic N) is 3. The number of carbonyl (C=O) groups is 1. The molecule has 22 heavy (non-hydrogen) atoms. The van der Waals surface area contributed by atoms with Gasteiger partial charge in [-0.1, -0.05) is 54.6 Å². The number of oxime groups is 1. The summed E-state index contributed by atoms with van der Waals surface area (Å²) >= 11 is 1.06. The zero-order valence-electron chi connectivity index (χ0n) is 13.3. The second-order valence-corrected chi connectivity index (χ2v) is 6.66. The molecule has 0 aromatic carbocycles. The normalized spacial score (nSPS) is 18.1. The van der Waals surface area contributed by atoms with Crippen LogP contribution in [0.5, 0.6) is 0 Å². The molecule has 1 aliphatic carbocycles. The summed E-state index contributed by atoms with van der Waals surface area (Å²) < 4.78 is 3.75. The molecular formula is C16H25N3O2S. The number of carbonyl (C=O) groups excluding carboxylic acids is 1. The van der Waals surface area contributed by atoms with Gasteiger partial charge in [0.2, 0.25) is 0 Å². The highest BCUT2D eigenvalue weighted by molar-refractivity contribution is 7.07. The number of aromatic nitrogens is 2. The van der Waals surface area contributed by atoms with Gasteiger partial charge in [-0.25, -0.2) is 4.79 Å². The first-order valence-electron chi connectivity index (χ1n) is 8.33. The van der Waals surface area contributed by atoms with Crippen LogP contribution in [0.3, 0.4) is 0 Å². The highest BCUT2D eigenvalue weighted by atomic mass is 32.1. The molecular weight excluding hydrogens is 298 g/mol. The number of aryl methyl sites for hydroxylation is 1. The van der Waals surface area contributed by atoms with E-state index in [1.165, 1.54) is 44.9 Å². The van der Waals surface area contributed by atoms with Crippen LogP contribution in [-0.4, -0.2) is 21.3 Å². The van der Waals surface area contributed by atoms with E-state index in [-0.39, 0.29) is 0 Å². The summed E-state index contributed by atoms with van der Waals surface area (Å²) in [6.07, 6.45) is 13.3. The summed E-state index contributed by atoms with van der Waals surface area (Å²) in [5.41, 5.74) is 1.62. The molecule has 2 rings (SSSR count). The molecule has 1 fully saturated rings. The minimum atomic E-state index is -0.439. The Labute approximate surface area is 136 Å². The van der Waals surface area contributed by atoms with Crippen molar-refractivity contribution in [3.8, 4) is 0 Å². The number of hydrogen-bond donors (Lipinski definition) is 0. The van der Waals surface area contributed by atoms with E-state index in [4.69, 9.17) is 4.84 Å². The smallest absolute Gasteiger partial charge is 0.312 e. The summed E-state index contributed by atoms with van der Waals surface area (Å²) in [4.78, 5) is 17.5. The van der Waals surface area contributed by atoms with E-state index in [0.29, 0.717) is 10.6 Å². The Morgan fingerprint density at radius 2 is 1.55 bits per heavy atom. The minimum Gasteiger partial charge on any atom is -0.312 e. The van der Waals surface area contributed by atoms with Gasteiger partial charge in [-0.15, -0.1) is 5.10 Å². The molecule has 0 radical (unpaired) electrons. The summed E-state index contributed by atoms with van der Waals surface area (Å²) in [5, 5.41) is 7.95. The molecule has 122 valence electrons. The Balaban J connectivity index is 1.88. The summed E-state index contributed by atoms with van der Waals surface area (Å²) in [6, 6.07) is 0. The maximum atomic E-state index is 11.9. The minimum absolute atomic E-state index is 0.439. The van der Waals surface area contributed by atoms with Gasteiger partial charge in [-0.05, 0) is 44.1 Å². The molecule has 1 aromatic rings. The van der Waals surface area contributed by atoms with Crippen molar-refractivity contribution in [2.24, 2.45) is 5.16 Å². The van der Waals surface area contributed by atoms with Gasteiger partial charge in [-0.3, -0.25) is 0 Å². The van der Waals surface area contributed by atoms with E-state index in [9.17, 15) is 4.79 Å². The second kappa shape index (κ2) is 9.66. The third-order valence-electron chi connectivity index (χ3n) is 4.03. The Bertz CT molecular complexity index is 485. The van der Waals surface area contributed by atoms with Crippen molar-refractivity contribution in [2.75, 3.05) is 0 Å². The Morgan fingerprint density at radius 3 is 2.05 bits per heavy atom. The van der Waals surface area contributed by atoms with Gasteiger partial charge in [0.1, 0.15) is 0 Å². The Hall–Kier alpha value is -1.30. The van der Waals surface area contributed by atoms with Crippen molar-refractivity contribution in [1.82, 2.24) is 9.59 Å². The monoisotopic (exact) mass is 323 g/mol. The highest BCUT2D eigenvalue weighted by Gasteiger charge is 2.15. The fourth-order valence-electron chi connectivity index (χ4n) is 2.68. The van der Waals surface area contributed by atoms with Gasteiger partial charge in [0.05, 0.1) is 11.4 Å². The van der Waals surface area contributed by atoms with Crippen LogP contribution in [0.2, 0.25) is 0 Å². The van der Waals surface area contributed by atoms with Crippen LogP contribution < -0.4 is 0 Å². The molecule has 0 N–H and O–H groups in total. The maximum Gasteiger partial charge on any atom is 0.379 e. The van der Waals surface area contributed by atoms with Gasteiger partial charge >= 0.3 is 5.97 Å². The topological polar surface area (TPSA) is 64.4 Å². The molecule has 1 heterocycles. The van der Waals surface area contributed by atoms with E-state index < -0.39 is 5.97 Å². The molecule has 0 aliphatic heterocycles.